The van der Waals surface area contributed by atoms with Crippen molar-refractivity contribution in [1.29, 1.82) is 0 Å². The standard InChI is InChI=1S/C19H15N3O.CH3NO/c23-19-12-18(16-13-20-10-11-21-16)22(14-6-2-1-3-7-14)17-9-5-4-8-15(17)19;2-1-3/h1-13,18,23H;1H,(H2,2,3). The van der Waals surface area contributed by atoms with E-state index in [-0.39, 0.29) is 18.2 Å². The summed E-state index contributed by atoms with van der Waals surface area (Å²) in [6.07, 6.45) is 7.12. The summed E-state index contributed by atoms with van der Waals surface area (Å²) < 4.78 is 0. The molecule has 1 atom stereocenters. The van der Waals surface area contributed by atoms with Crippen molar-refractivity contribution in [2.75, 3.05) is 4.90 Å². The molecule has 2 aromatic carbocycles. The highest BCUT2D eigenvalue weighted by Crippen LogP contribution is 2.43. The van der Waals surface area contributed by atoms with Crippen LogP contribution >= 0.6 is 0 Å². The maximum atomic E-state index is 10.4. The minimum Gasteiger partial charge on any atom is -0.507 e. The molecule has 1 aromatic heterocycles. The Kier molecular flexibility index (Phi) is 5.24. The lowest BCUT2D eigenvalue weighted by Crippen LogP contribution is -2.27. The molecule has 1 aliphatic heterocycles. The number of aliphatic hydroxyl groups is 1. The number of carbonyl (C=O) groups is 1. The third kappa shape index (κ3) is 3.39. The number of hydrogen-bond acceptors (Lipinski definition) is 5. The van der Waals surface area contributed by atoms with Crippen molar-refractivity contribution in [1.82, 2.24) is 9.97 Å². The molecule has 0 aliphatic carbocycles. The van der Waals surface area contributed by atoms with E-state index in [4.69, 9.17) is 4.79 Å². The average molecular weight is 346 g/mol. The monoisotopic (exact) mass is 346 g/mol. The molecule has 130 valence electrons. The van der Waals surface area contributed by atoms with E-state index in [0.717, 1.165) is 22.6 Å². The van der Waals surface area contributed by atoms with Crippen molar-refractivity contribution in [3.63, 3.8) is 0 Å². The Bertz CT molecular complexity index is 898. The second-order valence-electron chi connectivity index (χ2n) is 5.49. The van der Waals surface area contributed by atoms with Crippen LogP contribution in [-0.2, 0) is 4.79 Å². The molecule has 0 saturated carbocycles. The Morgan fingerprint density at radius 3 is 2.42 bits per heavy atom. The van der Waals surface area contributed by atoms with Gasteiger partial charge in [-0.25, -0.2) is 0 Å². The normalized spacial score (nSPS) is 15.2. The average Bonchev–Trinajstić information content (AvgIpc) is 2.70. The van der Waals surface area contributed by atoms with E-state index in [1.54, 1.807) is 18.6 Å². The Balaban J connectivity index is 0.000000613. The van der Waals surface area contributed by atoms with Crippen molar-refractivity contribution in [3.8, 4) is 0 Å². The SMILES string of the molecule is NC=O.OC1=CC(c2cnccn2)N(c2ccccc2)c2ccccc21. The van der Waals surface area contributed by atoms with Crippen LogP contribution in [0.15, 0.2) is 79.3 Å². The van der Waals surface area contributed by atoms with Gasteiger partial charge in [0.2, 0.25) is 6.41 Å². The van der Waals surface area contributed by atoms with E-state index in [1.165, 1.54) is 0 Å². The zero-order chi connectivity index (χ0) is 18.4. The summed E-state index contributed by atoms with van der Waals surface area (Å²) in [6, 6.07) is 17.7. The number of aromatic nitrogens is 2. The van der Waals surface area contributed by atoms with Crippen LogP contribution in [0.4, 0.5) is 11.4 Å². The number of primary amides is 1. The number of benzene rings is 2. The van der Waals surface area contributed by atoms with Gasteiger partial charge in [0.25, 0.3) is 0 Å². The molecule has 3 aromatic rings. The number of nitrogens with two attached hydrogens (primary N) is 1. The maximum absolute atomic E-state index is 10.4. The quantitative estimate of drug-likeness (QED) is 0.694. The fraction of sp³-hybridized carbons (Fsp3) is 0.0500. The fourth-order valence-corrected chi connectivity index (χ4v) is 2.93. The molecular weight excluding hydrogens is 328 g/mol. The summed E-state index contributed by atoms with van der Waals surface area (Å²) in [4.78, 5) is 19.3. The van der Waals surface area contributed by atoms with E-state index < -0.39 is 0 Å². The van der Waals surface area contributed by atoms with Crippen LogP contribution in [0.1, 0.15) is 17.3 Å². The van der Waals surface area contributed by atoms with Crippen LogP contribution in [0, 0.1) is 0 Å². The van der Waals surface area contributed by atoms with Gasteiger partial charge in [-0.2, -0.15) is 0 Å². The van der Waals surface area contributed by atoms with Crippen molar-refractivity contribution in [2.45, 2.75) is 6.04 Å². The van der Waals surface area contributed by atoms with Gasteiger partial charge in [0, 0.05) is 23.6 Å². The zero-order valence-electron chi connectivity index (χ0n) is 13.9. The number of amides is 1. The molecule has 1 amide bonds. The van der Waals surface area contributed by atoms with Gasteiger partial charge in [-0.15, -0.1) is 0 Å². The molecule has 0 bridgehead atoms. The van der Waals surface area contributed by atoms with Gasteiger partial charge >= 0.3 is 0 Å². The lowest BCUT2D eigenvalue weighted by atomic mass is 9.98. The van der Waals surface area contributed by atoms with Crippen molar-refractivity contribution >= 4 is 23.5 Å². The Morgan fingerprint density at radius 1 is 1.04 bits per heavy atom. The molecule has 0 spiro atoms. The molecule has 6 nitrogen and oxygen atoms in total. The molecule has 4 rings (SSSR count). The predicted molar refractivity (Wildman–Crippen MR) is 101 cm³/mol. The van der Waals surface area contributed by atoms with E-state index >= 15 is 0 Å². The summed E-state index contributed by atoms with van der Waals surface area (Å²) in [6.45, 7) is 0. The van der Waals surface area contributed by atoms with Crippen LogP contribution in [0.3, 0.4) is 0 Å². The van der Waals surface area contributed by atoms with E-state index in [9.17, 15) is 5.11 Å². The van der Waals surface area contributed by atoms with Crippen LogP contribution in [0.25, 0.3) is 5.76 Å². The van der Waals surface area contributed by atoms with Crippen LogP contribution in [0.2, 0.25) is 0 Å². The number of aliphatic hydroxyl groups excluding tert-OH is 1. The van der Waals surface area contributed by atoms with Crippen molar-refractivity contribution in [3.05, 3.63) is 90.5 Å². The number of nitrogens with zero attached hydrogens (tertiary/aromatic N) is 3. The van der Waals surface area contributed by atoms with E-state index in [1.807, 2.05) is 48.5 Å². The number of rotatable bonds is 2. The first-order valence-corrected chi connectivity index (χ1v) is 8.02. The largest absolute Gasteiger partial charge is 0.507 e. The van der Waals surface area contributed by atoms with Crippen molar-refractivity contribution in [2.24, 2.45) is 5.73 Å². The topological polar surface area (TPSA) is 92.3 Å². The second-order valence-corrected chi connectivity index (χ2v) is 5.49. The molecular formula is C20H18N4O2. The first-order chi connectivity index (χ1) is 12.8. The van der Waals surface area contributed by atoms with E-state index in [0.29, 0.717) is 0 Å². The molecule has 0 radical (unpaired) electrons. The lowest BCUT2D eigenvalue weighted by molar-refractivity contribution is -0.106. The zero-order valence-corrected chi connectivity index (χ0v) is 13.9. The van der Waals surface area contributed by atoms with Gasteiger partial charge in [-0.05, 0) is 30.3 Å². The smallest absolute Gasteiger partial charge is 0.204 e. The first kappa shape index (κ1) is 17.2. The number of para-hydroxylation sites is 2. The minimum absolute atomic E-state index is 0.207. The summed E-state index contributed by atoms with van der Waals surface area (Å²) in [5, 5.41) is 10.4. The van der Waals surface area contributed by atoms with Gasteiger partial charge in [0.1, 0.15) is 5.76 Å². The van der Waals surface area contributed by atoms with Crippen LogP contribution in [0.5, 0.6) is 0 Å². The summed E-state index contributed by atoms with van der Waals surface area (Å²) in [5.41, 5.74) is 7.77. The van der Waals surface area contributed by atoms with Gasteiger partial charge in [0.15, 0.2) is 0 Å². The summed E-state index contributed by atoms with van der Waals surface area (Å²) >= 11 is 0. The summed E-state index contributed by atoms with van der Waals surface area (Å²) in [5.74, 6) is 0.267. The molecule has 0 saturated heterocycles. The second kappa shape index (κ2) is 7.94. The Morgan fingerprint density at radius 2 is 1.73 bits per heavy atom. The highest BCUT2D eigenvalue weighted by atomic mass is 16.3. The third-order valence-corrected chi connectivity index (χ3v) is 3.95. The molecule has 26 heavy (non-hydrogen) atoms. The molecule has 1 aliphatic rings. The lowest BCUT2D eigenvalue weighted by Gasteiger charge is -2.36. The van der Waals surface area contributed by atoms with Crippen molar-refractivity contribution < 1.29 is 9.90 Å². The number of carbonyl (C=O) groups excluding carboxylic acids is 1. The summed E-state index contributed by atoms with van der Waals surface area (Å²) in [7, 11) is 0. The van der Waals surface area contributed by atoms with Crippen LogP contribution < -0.4 is 10.6 Å². The fourth-order valence-electron chi connectivity index (χ4n) is 2.93. The number of hydrogen-bond donors (Lipinski definition) is 2. The molecule has 6 heteroatoms. The molecule has 0 fully saturated rings. The molecule has 2 heterocycles. The molecule has 1 unspecified atom stereocenters. The minimum atomic E-state index is -0.207. The molecule has 3 N–H and O–H groups in total. The number of anilines is 2. The van der Waals surface area contributed by atoms with Crippen LogP contribution in [-0.4, -0.2) is 21.5 Å². The number of fused-ring (bicyclic) bond motifs is 1. The highest BCUT2D eigenvalue weighted by Gasteiger charge is 2.29. The maximum Gasteiger partial charge on any atom is 0.204 e. The van der Waals surface area contributed by atoms with E-state index in [2.05, 4.69) is 32.7 Å². The first-order valence-electron chi connectivity index (χ1n) is 8.02. The third-order valence-electron chi connectivity index (χ3n) is 3.95. The highest BCUT2D eigenvalue weighted by molar-refractivity contribution is 5.82. The van der Waals surface area contributed by atoms with Gasteiger partial charge in [-0.3, -0.25) is 14.8 Å². The van der Waals surface area contributed by atoms with Gasteiger partial charge in [0.05, 0.1) is 23.6 Å². The van der Waals surface area contributed by atoms with Gasteiger partial charge in [-0.1, -0.05) is 30.3 Å². The van der Waals surface area contributed by atoms with Gasteiger partial charge < -0.3 is 15.7 Å². The predicted octanol–water partition coefficient (Wildman–Crippen LogP) is 3.37. The Labute approximate surface area is 151 Å². The Hall–Kier alpha value is -3.67.